The van der Waals surface area contributed by atoms with E-state index in [0.29, 0.717) is 6.54 Å². The summed E-state index contributed by atoms with van der Waals surface area (Å²) >= 11 is 7.66. The van der Waals surface area contributed by atoms with Crippen molar-refractivity contribution in [1.29, 1.82) is 0 Å². The Hall–Kier alpha value is -1.14. The average Bonchev–Trinajstić information content (AvgIpc) is 2.89. The van der Waals surface area contributed by atoms with Gasteiger partial charge < -0.3 is 5.32 Å². The highest BCUT2D eigenvalue weighted by atomic mass is 35.5. The number of hydrogen-bond acceptors (Lipinski definition) is 5. The number of aromatic nitrogens is 4. The lowest BCUT2D eigenvalue weighted by atomic mass is 10.4. The van der Waals surface area contributed by atoms with E-state index in [-0.39, 0.29) is 0 Å². The van der Waals surface area contributed by atoms with Crippen LogP contribution in [0.25, 0.3) is 0 Å². The van der Waals surface area contributed by atoms with Gasteiger partial charge in [-0.3, -0.25) is 4.68 Å². The van der Waals surface area contributed by atoms with Gasteiger partial charge in [0.2, 0.25) is 5.13 Å². The number of anilines is 1. The molecule has 0 radical (unpaired) electrons. The van der Waals surface area contributed by atoms with E-state index < -0.39 is 0 Å². The number of halogens is 1. The standard InChI is InChI=1S/C11H16ClN5S/c1-4-5-13-11-15-14-9(18-11)6-17-8(3)10(12)7(2)16-17/h4-6H2,1-3H3,(H,13,15). The molecule has 0 amide bonds. The highest BCUT2D eigenvalue weighted by Gasteiger charge is 2.11. The molecule has 0 bridgehead atoms. The van der Waals surface area contributed by atoms with Crippen LogP contribution in [0.3, 0.4) is 0 Å². The first-order chi connectivity index (χ1) is 8.61. The van der Waals surface area contributed by atoms with E-state index in [0.717, 1.165) is 39.5 Å². The Kier molecular flexibility index (Phi) is 4.19. The molecule has 0 saturated carbocycles. The molecule has 2 aromatic heterocycles. The fraction of sp³-hybridized carbons (Fsp3) is 0.545. The summed E-state index contributed by atoms with van der Waals surface area (Å²) in [4.78, 5) is 0. The molecule has 0 aliphatic carbocycles. The van der Waals surface area contributed by atoms with E-state index in [1.165, 1.54) is 0 Å². The van der Waals surface area contributed by atoms with E-state index in [9.17, 15) is 0 Å². The van der Waals surface area contributed by atoms with Crippen LogP contribution < -0.4 is 5.32 Å². The molecule has 2 rings (SSSR count). The van der Waals surface area contributed by atoms with Gasteiger partial charge in [0.25, 0.3) is 0 Å². The first kappa shape index (κ1) is 13.3. The summed E-state index contributed by atoms with van der Waals surface area (Å²) in [5, 5.41) is 18.4. The second-order valence-electron chi connectivity index (χ2n) is 4.07. The van der Waals surface area contributed by atoms with Gasteiger partial charge in [0.15, 0.2) is 0 Å². The SMILES string of the molecule is CCCNc1nnc(Cn2nc(C)c(Cl)c2C)s1. The number of aryl methyl sites for hydroxylation is 1. The monoisotopic (exact) mass is 285 g/mol. The molecule has 0 aliphatic rings. The lowest BCUT2D eigenvalue weighted by Gasteiger charge is -2.00. The molecule has 18 heavy (non-hydrogen) atoms. The van der Waals surface area contributed by atoms with E-state index in [4.69, 9.17) is 11.6 Å². The van der Waals surface area contributed by atoms with Crippen molar-refractivity contribution >= 4 is 28.1 Å². The third-order valence-corrected chi connectivity index (χ3v) is 3.98. The predicted octanol–water partition coefficient (Wildman–Crippen LogP) is 2.88. The van der Waals surface area contributed by atoms with Crippen LogP contribution in [0.2, 0.25) is 5.02 Å². The molecule has 0 aromatic carbocycles. The molecule has 0 aliphatic heterocycles. The summed E-state index contributed by atoms with van der Waals surface area (Å²) in [6.07, 6.45) is 1.07. The lowest BCUT2D eigenvalue weighted by molar-refractivity contribution is 0.651. The molecular formula is C11H16ClN5S. The maximum Gasteiger partial charge on any atom is 0.205 e. The highest BCUT2D eigenvalue weighted by molar-refractivity contribution is 7.15. The maximum absolute atomic E-state index is 6.11. The molecule has 1 N–H and O–H groups in total. The van der Waals surface area contributed by atoms with E-state index in [1.54, 1.807) is 11.3 Å². The molecule has 2 heterocycles. The Morgan fingerprint density at radius 1 is 1.33 bits per heavy atom. The molecule has 7 heteroatoms. The summed E-state index contributed by atoms with van der Waals surface area (Å²) in [6, 6.07) is 0. The molecule has 98 valence electrons. The Labute approximate surface area is 115 Å². The fourth-order valence-corrected chi connectivity index (χ4v) is 2.46. The van der Waals surface area contributed by atoms with Crippen molar-refractivity contribution in [3.63, 3.8) is 0 Å². The minimum Gasteiger partial charge on any atom is -0.360 e. The fourth-order valence-electron chi connectivity index (χ4n) is 1.58. The van der Waals surface area contributed by atoms with Crippen LogP contribution >= 0.6 is 22.9 Å². The third-order valence-electron chi connectivity index (χ3n) is 2.57. The van der Waals surface area contributed by atoms with Crippen LogP contribution in [0.5, 0.6) is 0 Å². The van der Waals surface area contributed by atoms with Gasteiger partial charge in [-0.05, 0) is 20.3 Å². The zero-order valence-electron chi connectivity index (χ0n) is 10.7. The molecule has 5 nitrogen and oxygen atoms in total. The van der Waals surface area contributed by atoms with Crippen LogP contribution in [-0.4, -0.2) is 26.5 Å². The minimum atomic E-state index is 0.616. The van der Waals surface area contributed by atoms with Crippen molar-refractivity contribution in [1.82, 2.24) is 20.0 Å². The second-order valence-corrected chi connectivity index (χ2v) is 5.51. The highest BCUT2D eigenvalue weighted by Crippen LogP contribution is 2.21. The number of rotatable bonds is 5. The summed E-state index contributed by atoms with van der Waals surface area (Å²) in [5.74, 6) is 0. The number of nitrogens with one attached hydrogen (secondary N) is 1. The van der Waals surface area contributed by atoms with E-state index in [2.05, 4.69) is 27.5 Å². The second kappa shape index (κ2) is 5.67. The normalized spacial score (nSPS) is 10.9. The van der Waals surface area contributed by atoms with Gasteiger partial charge in [-0.2, -0.15) is 5.10 Å². The summed E-state index contributed by atoms with van der Waals surface area (Å²) in [5.41, 5.74) is 1.82. The Morgan fingerprint density at radius 3 is 2.72 bits per heavy atom. The van der Waals surface area contributed by atoms with Gasteiger partial charge in [0, 0.05) is 6.54 Å². The predicted molar refractivity (Wildman–Crippen MR) is 74.5 cm³/mol. The molecule has 0 unspecified atom stereocenters. The van der Waals surface area contributed by atoms with Crippen molar-refractivity contribution in [3.8, 4) is 0 Å². The zero-order chi connectivity index (χ0) is 13.1. The van der Waals surface area contributed by atoms with Crippen molar-refractivity contribution in [3.05, 3.63) is 21.4 Å². The maximum atomic E-state index is 6.11. The van der Waals surface area contributed by atoms with Gasteiger partial charge in [-0.1, -0.05) is 29.9 Å². The first-order valence-electron chi connectivity index (χ1n) is 5.87. The van der Waals surface area contributed by atoms with Crippen molar-refractivity contribution in [2.45, 2.75) is 33.7 Å². The van der Waals surface area contributed by atoms with Crippen LogP contribution in [0, 0.1) is 13.8 Å². The Bertz CT molecular complexity index is 534. The Balaban J connectivity index is 2.09. The largest absolute Gasteiger partial charge is 0.360 e. The van der Waals surface area contributed by atoms with Gasteiger partial charge in [-0.25, -0.2) is 0 Å². The number of nitrogens with zero attached hydrogens (tertiary/aromatic N) is 4. The smallest absolute Gasteiger partial charge is 0.205 e. The summed E-state index contributed by atoms with van der Waals surface area (Å²) < 4.78 is 1.86. The molecule has 0 atom stereocenters. The third kappa shape index (κ3) is 2.81. The van der Waals surface area contributed by atoms with Gasteiger partial charge in [-0.15, -0.1) is 10.2 Å². The van der Waals surface area contributed by atoms with Gasteiger partial charge in [0.1, 0.15) is 5.01 Å². The van der Waals surface area contributed by atoms with Crippen LogP contribution in [0.4, 0.5) is 5.13 Å². The van der Waals surface area contributed by atoms with Crippen LogP contribution in [0.1, 0.15) is 29.7 Å². The first-order valence-corrected chi connectivity index (χ1v) is 7.07. The summed E-state index contributed by atoms with van der Waals surface area (Å²) in [6.45, 7) is 7.51. The Morgan fingerprint density at radius 2 is 2.11 bits per heavy atom. The zero-order valence-corrected chi connectivity index (χ0v) is 12.3. The molecule has 0 saturated heterocycles. The van der Waals surface area contributed by atoms with Crippen molar-refractivity contribution in [2.75, 3.05) is 11.9 Å². The molecule has 0 spiro atoms. The summed E-state index contributed by atoms with van der Waals surface area (Å²) in [7, 11) is 0. The molecule has 2 aromatic rings. The van der Waals surface area contributed by atoms with Crippen molar-refractivity contribution in [2.24, 2.45) is 0 Å². The average molecular weight is 286 g/mol. The lowest BCUT2D eigenvalue weighted by Crippen LogP contribution is -2.03. The number of hydrogen-bond donors (Lipinski definition) is 1. The molecular weight excluding hydrogens is 270 g/mol. The van der Waals surface area contributed by atoms with Gasteiger partial charge in [0.05, 0.1) is 23.0 Å². The quantitative estimate of drug-likeness (QED) is 0.918. The van der Waals surface area contributed by atoms with Crippen LogP contribution in [-0.2, 0) is 6.54 Å². The van der Waals surface area contributed by atoms with Crippen molar-refractivity contribution < 1.29 is 0 Å². The van der Waals surface area contributed by atoms with E-state index >= 15 is 0 Å². The minimum absolute atomic E-state index is 0.616. The van der Waals surface area contributed by atoms with E-state index in [1.807, 2.05) is 18.5 Å². The van der Waals surface area contributed by atoms with Gasteiger partial charge >= 0.3 is 0 Å². The van der Waals surface area contributed by atoms with Crippen LogP contribution in [0.15, 0.2) is 0 Å². The topological polar surface area (TPSA) is 55.6 Å². The molecule has 0 fully saturated rings.